The van der Waals surface area contributed by atoms with Gasteiger partial charge >= 0.3 is 24.2 Å². The number of amides is 2. The van der Waals surface area contributed by atoms with E-state index in [1.807, 2.05) is 106 Å². The minimum atomic E-state index is -0.636. The quantitative estimate of drug-likeness (QED) is 0.0820. The lowest BCUT2D eigenvalue weighted by Gasteiger charge is -2.38. The minimum Gasteiger partial charge on any atom is -0.462 e. The smallest absolute Gasteiger partial charge is 0.417 e. The molecule has 2 saturated heterocycles. The molecule has 6 atom stereocenters. The second kappa shape index (κ2) is 29.2. The molecule has 2 unspecified atom stereocenters. The largest absolute Gasteiger partial charge is 0.462 e. The monoisotopic (exact) mass is 1460 g/mol. The molecule has 0 bridgehead atoms. The van der Waals surface area contributed by atoms with Gasteiger partial charge in [-0.2, -0.15) is 28.7 Å². The molecule has 6 aromatic carbocycles. The molecule has 0 aliphatic carbocycles. The zero-order chi connectivity index (χ0) is 72.3. The Morgan fingerprint density at radius 1 is 0.610 bits per heavy atom. The van der Waals surface area contributed by atoms with Gasteiger partial charge < -0.3 is 52.6 Å². The second-order valence-corrected chi connectivity index (χ2v) is 29.9. The molecule has 6 aliphatic heterocycles. The van der Waals surface area contributed by atoms with Crippen molar-refractivity contribution in [2.24, 2.45) is 5.92 Å². The third-order valence-corrected chi connectivity index (χ3v) is 22.8. The van der Waals surface area contributed by atoms with Crippen LogP contribution in [0, 0.1) is 17.8 Å². The normalized spacial score (nSPS) is 19.8. The summed E-state index contributed by atoms with van der Waals surface area (Å²) in [5.41, 5.74) is 9.64. The van der Waals surface area contributed by atoms with Crippen LogP contribution in [0.1, 0.15) is 104 Å². The molecule has 2 N–H and O–H groups in total. The Labute approximate surface area is 618 Å². The average Bonchev–Trinajstić information content (AvgIpc) is 1.26. The van der Waals surface area contributed by atoms with E-state index in [9.17, 15) is 9.59 Å². The molecule has 6 aliphatic rings. The molecular formula is C79H84Cl2F2N16O6. The van der Waals surface area contributed by atoms with Crippen LogP contribution in [0.25, 0.3) is 21.5 Å². The first-order valence-electron chi connectivity index (χ1n) is 36.4. The molecule has 26 heteroatoms. The van der Waals surface area contributed by atoms with E-state index in [1.54, 1.807) is 12.7 Å². The number of fused-ring (bicyclic) bond motifs is 6. The number of likely N-dealkylation sites (tertiary alicyclic amines) is 2. The Morgan fingerprint density at radius 3 is 1.61 bits per heavy atom. The third-order valence-electron chi connectivity index (χ3n) is 22.1. The fourth-order valence-electron chi connectivity index (χ4n) is 16.4. The Kier molecular flexibility index (Phi) is 19.3. The van der Waals surface area contributed by atoms with Crippen molar-refractivity contribution in [1.82, 2.24) is 48.8 Å². The van der Waals surface area contributed by atoms with Crippen molar-refractivity contribution >= 4 is 91.3 Å². The van der Waals surface area contributed by atoms with Crippen LogP contribution < -0.4 is 49.2 Å². The maximum atomic E-state index is 15.3. The number of hydrogen-bond donors (Lipinski definition) is 2. The van der Waals surface area contributed by atoms with Crippen LogP contribution in [0.15, 0.2) is 122 Å². The van der Waals surface area contributed by atoms with Gasteiger partial charge in [0.15, 0.2) is 0 Å². The lowest BCUT2D eigenvalue weighted by Crippen LogP contribution is -2.43. The zero-order valence-corrected chi connectivity index (χ0v) is 61.2. The average molecular weight is 1460 g/mol. The molecule has 0 spiro atoms. The predicted molar refractivity (Wildman–Crippen MR) is 403 cm³/mol. The number of likely N-dealkylation sites (N-methyl/N-ethyl adjacent to an activating group) is 2. The number of nitrogens with one attached hydrogen (secondary N) is 2. The van der Waals surface area contributed by atoms with Crippen LogP contribution in [-0.2, 0) is 58.5 Å². The Bertz CT molecular complexity index is 4950. The number of carbonyl (C=O) groups excluding carboxylic acids is 2. The van der Waals surface area contributed by atoms with E-state index < -0.39 is 24.1 Å². The van der Waals surface area contributed by atoms with Gasteiger partial charge in [-0.3, -0.25) is 15.5 Å². The lowest BCUT2D eigenvalue weighted by molar-refractivity contribution is 0.187. The number of aromatic nitrogens is 8. The van der Waals surface area contributed by atoms with Crippen molar-refractivity contribution in [3.63, 3.8) is 0 Å². The van der Waals surface area contributed by atoms with Gasteiger partial charge in [0.25, 0.3) is 0 Å². The van der Waals surface area contributed by atoms with Gasteiger partial charge in [-0.15, -0.1) is 0 Å². The van der Waals surface area contributed by atoms with Crippen molar-refractivity contribution in [3.05, 3.63) is 189 Å². The van der Waals surface area contributed by atoms with E-state index in [0.717, 1.165) is 118 Å². The second-order valence-electron chi connectivity index (χ2n) is 29.1. The van der Waals surface area contributed by atoms with E-state index in [2.05, 4.69) is 104 Å². The summed E-state index contributed by atoms with van der Waals surface area (Å²) in [5.74, 6) is 1.75. The molecule has 2 amide bonds. The van der Waals surface area contributed by atoms with E-state index >= 15 is 8.78 Å². The van der Waals surface area contributed by atoms with Crippen molar-refractivity contribution < 1.29 is 37.3 Å². The summed E-state index contributed by atoms with van der Waals surface area (Å²) in [6.45, 7) is 14.8. The van der Waals surface area contributed by atoms with Crippen LogP contribution in [0.5, 0.6) is 23.5 Å². The summed E-state index contributed by atoms with van der Waals surface area (Å²) in [4.78, 5) is 69.2. The number of carbonyl (C=O) groups is 2. The first-order valence-corrected chi connectivity index (χ1v) is 37.1. The van der Waals surface area contributed by atoms with Gasteiger partial charge in [0.05, 0.1) is 83.0 Å². The summed E-state index contributed by atoms with van der Waals surface area (Å²) < 4.78 is 59.4. The molecule has 4 aromatic heterocycles. The number of anilines is 6. The Morgan fingerprint density at radius 2 is 1.11 bits per heavy atom. The molecule has 0 saturated carbocycles. The minimum absolute atomic E-state index is 0.00489. The molecule has 10 heterocycles. The highest BCUT2D eigenvalue weighted by Gasteiger charge is 2.38. The van der Waals surface area contributed by atoms with Gasteiger partial charge in [-0.1, -0.05) is 85.6 Å². The molecule has 0 radical (unpaired) electrons. The number of benzene rings is 6. The van der Waals surface area contributed by atoms with Crippen LogP contribution >= 0.6 is 23.2 Å². The molecule has 16 rings (SSSR count). The lowest BCUT2D eigenvalue weighted by atomic mass is 9.89. The number of aryl methyl sites for hydroxylation is 1. The fraction of sp³-hybridized carbons (Fsp3) is 0.392. The third kappa shape index (κ3) is 14.3. The molecule has 22 nitrogen and oxygen atoms in total. The van der Waals surface area contributed by atoms with Crippen LogP contribution in [-0.4, -0.2) is 139 Å². The van der Waals surface area contributed by atoms with E-state index in [4.69, 9.17) is 62.1 Å². The number of rotatable bonds is 18. The van der Waals surface area contributed by atoms with E-state index in [0.29, 0.717) is 128 Å². The van der Waals surface area contributed by atoms with E-state index in [1.165, 1.54) is 0 Å². The van der Waals surface area contributed by atoms with Gasteiger partial charge in [-0.25, -0.2) is 19.6 Å². The first-order chi connectivity index (χ1) is 50.9. The Balaban J connectivity index is 0.580. The highest BCUT2D eigenvalue weighted by molar-refractivity contribution is 6.37. The summed E-state index contributed by atoms with van der Waals surface area (Å²) in [7, 11) is 4.25. The summed E-state index contributed by atoms with van der Waals surface area (Å²) in [6, 6.07) is 35.2. The summed E-state index contributed by atoms with van der Waals surface area (Å²) in [6.07, 6.45) is 7.87. The van der Waals surface area contributed by atoms with Crippen molar-refractivity contribution in [3.8, 4) is 23.5 Å². The summed E-state index contributed by atoms with van der Waals surface area (Å²) >= 11 is 14.1. The molecule has 2 fully saturated rings. The number of hydrogen-bond acceptors (Lipinski definition) is 18. The van der Waals surface area contributed by atoms with Crippen molar-refractivity contribution in [2.45, 2.75) is 142 Å². The van der Waals surface area contributed by atoms with Crippen molar-refractivity contribution in [1.29, 1.82) is 0 Å². The highest BCUT2D eigenvalue weighted by Crippen LogP contribution is 2.44. The number of ether oxygens (including phenoxy) is 4. The molecule has 10 aromatic rings. The van der Waals surface area contributed by atoms with Crippen LogP contribution in [0.2, 0.25) is 10.0 Å². The van der Waals surface area contributed by atoms with Crippen LogP contribution in [0.4, 0.5) is 52.8 Å². The van der Waals surface area contributed by atoms with Gasteiger partial charge in [0.2, 0.25) is 11.9 Å². The molecule has 544 valence electrons. The SMILES string of the molecule is CCc1ccc(NC(=O)Oc2cc(N3CCc4c(nc(OC[C@@H]5CC(CC(C)c6ccc(NC(=O)Oc7cc(N8CCc9c(nc(OC[C@@H]%10CCCN%10C)nc9N9Cc%10c(F)ncn%10C[C@H]9C)C8)c8c(Cl)cccc8c7)cc6)CN5C)nc4N4Cc5c(F)ncn5C[C@H]4C)C3)c3c(Cl)cccc3c2)cc1. The van der Waals surface area contributed by atoms with Gasteiger partial charge in [0, 0.05) is 102 Å². The predicted octanol–water partition coefficient (Wildman–Crippen LogP) is 14.6. The zero-order valence-electron chi connectivity index (χ0n) is 59.7. The van der Waals surface area contributed by atoms with Crippen LogP contribution in [0.3, 0.4) is 0 Å². The Hall–Kier alpha value is -9.88. The molecular weight excluding hydrogens is 1380 g/mol. The first kappa shape index (κ1) is 69.5. The number of halogens is 4. The summed E-state index contributed by atoms with van der Waals surface area (Å²) in [5, 5.41) is 10.2. The number of imidazole rings is 2. The standard InChI is InChI=1S/C79H84Cl2F2N16O6/c1-7-49-16-20-54(21-17-49)86-78(100)104-58-31-52-11-8-14-62(80)70(52)66(33-58)95-28-25-61-65(39-95)89-77(91-75(61)99-41-69-73(83)85-45-97(69)36-48(99)4)103-43-57-30-50(37-93(57)6)29-46(2)51-18-22-55(23-19-51)87-79(101)105-59-32-53-12-9-15-63(81)71(53)67(34-59)94-27-24-60-64(38-94)88-76(102-42-56-13-10-26-92(56)5)90-74(60)98-40-68-72(82)84-44-96(68)35-47(98)3/h8-9,11-12,14-23,31-34,44-48,50,56-57H,7,10,13,24-30,35-43H2,1-6H3,(H,86,100)(H,87,101)/t46?,47-,48-,50?,56+,57+/m1/s1. The fourth-order valence-corrected chi connectivity index (χ4v) is 16.9. The van der Waals surface area contributed by atoms with Gasteiger partial charge in [-0.05, 0) is 162 Å². The van der Waals surface area contributed by atoms with Crippen molar-refractivity contribution in [2.75, 3.05) is 83.7 Å². The van der Waals surface area contributed by atoms with Gasteiger partial charge in [0.1, 0.15) is 36.3 Å². The maximum absolute atomic E-state index is 15.3. The topological polar surface area (TPSA) is 202 Å². The number of nitrogens with zero attached hydrogens (tertiary/aromatic N) is 14. The molecule has 105 heavy (non-hydrogen) atoms. The van der Waals surface area contributed by atoms with E-state index in [-0.39, 0.29) is 48.7 Å². The highest BCUT2D eigenvalue weighted by atomic mass is 35.5. The maximum Gasteiger partial charge on any atom is 0.417 e.